The van der Waals surface area contributed by atoms with Crippen LogP contribution in [-0.4, -0.2) is 62.8 Å². The predicted molar refractivity (Wildman–Crippen MR) is 125 cm³/mol. The summed E-state index contributed by atoms with van der Waals surface area (Å²) in [4.78, 5) is 29.7. The highest BCUT2D eigenvalue weighted by molar-refractivity contribution is 5.97. The molecule has 1 fully saturated rings. The minimum absolute atomic E-state index is 0.0150. The summed E-state index contributed by atoms with van der Waals surface area (Å²) in [7, 11) is 0. The first-order valence-electron chi connectivity index (χ1n) is 11.8. The molecule has 4 rings (SSSR count). The number of carbonyl (C=O) groups is 2. The van der Waals surface area contributed by atoms with Gasteiger partial charge in [0.25, 0.3) is 5.91 Å². The van der Waals surface area contributed by atoms with Crippen LogP contribution in [0.1, 0.15) is 35.3 Å². The van der Waals surface area contributed by atoms with Gasteiger partial charge in [0.1, 0.15) is 23.9 Å². The lowest BCUT2D eigenvalue weighted by atomic mass is 9.99. The Morgan fingerprint density at radius 2 is 1.85 bits per heavy atom. The molecule has 3 heterocycles. The third-order valence-corrected chi connectivity index (χ3v) is 6.66. The van der Waals surface area contributed by atoms with Crippen molar-refractivity contribution in [3.63, 3.8) is 0 Å². The van der Waals surface area contributed by atoms with Crippen molar-refractivity contribution in [3.8, 4) is 11.3 Å². The standard InChI is InChI=1S/C24H23F7N6O2/c1-3-12-4-5-13(18-7-15(24(29,30)31)19-20(32)33-10-34-37(18)19)6-14(12)21(38)35-17-9-36(8-16(17)25)22(39)11(2)23(26,27)28/h4-7,10-11,16-17H,3,8-9H2,1-2H3,(H,35,38)(H2,32,33,34)/t11?,16-,17+/m0/s1. The summed E-state index contributed by atoms with van der Waals surface area (Å²) in [5.41, 5.74) is 4.77. The molecule has 0 radical (unpaired) electrons. The Morgan fingerprint density at radius 1 is 1.15 bits per heavy atom. The zero-order valence-electron chi connectivity index (χ0n) is 20.6. The average molecular weight is 560 g/mol. The number of hydrogen-bond acceptors (Lipinski definition) is 5. The first-order chi connectivity index (χ1) is 18.1. The lowest BCUT2D eigenvalue weighted by Crippen LogP contribution is -2.43. The molecule has 1 saturated heterocycles. The van der Waals surface area contributed by atoms with Gasteiger partial charge >= 0.3 is 12.4 Å². The van der Waals surface area contributed by atoms with E-state index in [1.165, 1.54) is 18.2 Å². The molecular weight excluding hydrogens is 537 g/mol. The maximum absolute atomic E-state index is 14.7. The number of benzene rings is 1. The van der Waals surface area contributed by atoms with Crippen LogP contribution in [0.4, 0.5) is 36.6 Å². The number of halogens is 7. The number of nitrogens with zero attached hydrogens (tertiary/aromatic N) is 4. The van der Waals surface area contributed by atoms with E-state index in [0.717, 1.165) is 16.9 Å². The second kappa shape index (κ2) is 10.0. The number of alkyl halides is 7. The van der Waals surface area contributed by atoms with Gasteiger partial charge in [-0.1, -0.05) is 19.1 Å². The number of rotatable bonds is 5. The molecule has 3 N–H and O–H groups in total. The van der Waals surface area contributed by atoms with Crippen molar-refractivity contribution >= 4 is 23.1 Å². The molecule has 39 heavy (non-hydrogen) atoms. The van der Waals surface area contributed by atoms with Crippen molar-refractivity contribution < 1.29 is 40.3 Å². The summed E-state index contributed by atoms with van der Waals surface area (Å²) >= 11 is 0. The highest BCUT2D eigenvalue weighted by Crippen LogP contribution is 2.39. The number of nitrogens with one attached hydrogen (secondary N) is 1. The Bertz CT molecular complexity index is 1420. The van der Waals surface area contributed by atoms with E-state index in [1.54, 1.807) is 6.92 Å². The molecule has 8 nitrogen and oxygen atoms in total. The first-order valence-corrected chi connectivity index (χ1v) is 11.8. The third kappa shape index (κ3) is 5.34. The number of nitrogens with two attached hydrogens (primary N) is 1. The van der Waals surface area contributed by atoms with Crippen molar-refractivity contribution in [2.75, 3.05) is 18.8 Å². The molecule has 0 spiro atoms. The number of likely N-dealkylation sites (tertiary alicyclic amines) is 1. The van der Waals surface area contributed by atoms with E-state index in [4.69, 9.17) is 5.73 Å². The Hall–Kier alpha value is -3.91. The minimum atomic E-state index is -4.80. The molecule has 15 heteroatoms. The predicted octanol–water partition coefficient (Wildman–Crippen LogP) is 4.04. The molecule has 210 valence electrons. The average Bonchev–Trinajstić information content (AvgIpc) is 3.44. The molecule has 0 aliphatic carbocycles. The molecule has 1 aliphatic rings. The summed E-state index contributed by atoms with van der Waals surface area (Å²) in [6, 6.07) is 3.86. The fourth-order valence-corrected chi connectivity index (χ4v) is 4.49. The molecule has 3 atom stereocenters. The maximum atomic E-state index is 14.7. The number of anilines is 1. The molecule has 2 aromatic heterocycles. The van der Waals surface area contributed by atoms with Crippen LogP contribution in [0, 0.1) is 5.92 Å². The quantitative estimate of drug-likeness (QED) is 0.459. The van der Waals surface area contributed by atoms with E-state index < -0.39 is 72.3 Å². The second-order valence-corrected chi connectivity index (χ2v) is 9.17. The number of aromatic nitrogens is 3. The summed E-state index contributed by atoms with van der Waals surface area (Å²) in [6.45, 7) is 1.30. The SMILES string of the molecule is CCc1ccc(-c2cc(C(F)(F)F)c3c(N)ncnn23)cc1C(=O)N[C@@H]1CN(C(=O)C(C)C(F)(F)F)C[C@@H]1F. The van der Waals surface area contributed by atoms with Crippen LogP contribution in [0.15, 0.2) is 30.6 Å². The molecule has 1 unspecified atom stereocenters. The second-order valence-electron chi connectivity index (χ2n) is 9.17. The Balaban J connectivity index is 1.65. The summed E-state index contributed by atoms with van der Waals surface area (Å²) in [5.74, 6) is -4.84. The van der Waals surface area contributed by atoms with Crippen molar-refractivity contribution in [1.29, 1.82) is 0 Å². The van der Waals surface area contributed by atoms with Gasteiger partial charge < -0.3 is 16.0 Å². The molecule has 1 aliphatic heterocycles. The lowest BCUT2D eigenvalue weighted by Gasteiger charge is -2.22. The summed E-state index contributed by atoms with van der Waals surface area (Å²) in [6.07, 6.45) is -10.1. The Morgan fingerprint density at radius 3 is 2.46 bits per heavy atom. The zero-order chi connectivity index (χ0) is 28.9. The van der Waals surface area contributed by atoms with Crippen LogP contribution in [-0.2, 0) is 17.4 Å². The van der Waals surface area contributed by atoms with Crippen LogP contribution in [0.2, 0.25) is 0 Å². The van der Waals surface area contributed by atoms with E-state index >= 15 is 0 Å². The van der Waals surface area contributed by atoms with Crippen molar-refractivity contribution in [3.05, 3.63) is 47.3 Å². The number of aryl methyl sites for hydroxylation is 1. The van der Waals surface area contributed by atoms with Gasteiger partial charge in [0, 0.05) is 17.7 Å². The maximum Gasteiger partial charge on any atom is 0.418 e. The smallest absolute Gasteiger partial charge is 0.382 e. The molecule has 3 aromatic rings. The van der Waals surface area contributed by atoms with E-state index in [-0.39, 0.29) is 16.8 Å². The zero-order valence-corrected chi connectivity index (χ0v) is 20.6. The van der Waals surface area contributed by atoms with E-state index in [1.807, 2.05) is 0 Å². The number of fused-ring (bicyclic) bond motifs is 1. The lowest BCUT2D eigenvalue weighted by molar-refractivity contribution is -0.185. The molecular formula is C24H23F7N6O2. The van der Waals surface area contributed by atoms with E-state index in [9.17, 15) is 40.3 Å². The highest BCUT2D eigenvalue weighted by atomic mass is 19.4. The fraction of sp³-hybridized carbons (Fsp3) is 0.417. The Kier molecular flexibility index (Phi) is 7.21. The van der Waals surface area contributed by atoms with Gasteiger partial charge in [-0.05, 0) is 31.0 Å². The van der Waals surface area contributed by atoms with Gasteiger partial charge in [0.2, 0.25) is 5.91 Å². The number of amides is 2. The Labute approximate surface area is 217 Å². The van der Waals surface area contributed by atoms with Gasteiger partial charge in [-0.25, -0.2) is 13.9 Å². The normalized spacial score (nSPS) is 18.9. The van der Waals surface area contributed by atoms with Crippen molar-refractivity contribution in [1.82, 2.24) is 24.8 Å². The van der Waals surface area contributed by atoms with Crippen LogP contribution in [0.25, 0.3) is 16.8 Å². The largest absolute Gasteiger partial charge is 0.418 e. The topological polar surface area (TPSA) is 106 Å². The summed E-state index contributed by atoms with van der Waals surface area (Å²) < 4.78 is 95.5. The third-order valence-electron chi connectivity index (χ3n) is 6.66. The highest BCUT2D eigenvalue weighted by Gasteiger charge is 2.46. The van der Waals surface area contributed by atoms with Gasteiger partial charge in [0.15, 0.2) is 5.82 Å². The number of nitrogen functional groups attached to an aromatic ring is 1. The van der Waals surface area contributed by atoms with Crippen LogP contribution >= 0.6 is 0 Å². The minimum Gasteiger partial charge on any atom is -0.382 e. The van der Waals surface area contributed by atoms with Gasteiger partial charge in [-0.2, -0.15) is 31.4 Å². The molecule has 0 saturated carbocycles. The number of hydrogen-bond donors (Lipinski definition) is 2. The number of carbonyl (C=O) groups excluding carboxylic acids is 2. The van der Waals surface area contributed by atoms with Crippen molar-refractivity contribution in [2.24, 2.45) is 5.92 Å². The van der Waals surface area contributed by atoms with Crippen molar-refractivity contribution in [2.45, 2.75) is 44.8 Å². The first kappa shape index (κ1) is 28.1. The van der Waals surface area contributed by atoms with Gasteiger partial charge in [-0.3, -0.25) is 9.59 Å². The van der Waals surface area contributed by atoms with Crippen LogP contribution in [0.3, 0.4) is 0 Å². The fourth-order valence-electron chi connectivity index (χ4n) is 4.49. The molecule has 2 amide bonds. The van der Waals surface area contributed by atoms with Gasteiger partial charge in [-0.15, -0.1) is 0 Å². The van der Waals surface area contributed by atoms with Gasteiger partial charge in [0.05, 0.1) is 23.8 Å². The van der Waals surface area contributed by atoms with Crippen LogP contribution < -0.4 is 11.1 Å². The van der Waals surface area contributed by atoms with Crippen LogP contribution in [0.5, 0.6) is 0 Å². The molecule has 1 aromatic carbocycles. The van der Waals surface area contributed by atoms with E-state index in [2.05, 4.69) is 15.4 Å². The van der Waals surface area contributed by atoms with E-state index in [0.29, 0.717) is 23.8 Å². The molecule has 0 bridgehead atoms. The summed E-state index contributed by atoms with van der Waals surface area (Å²) in [5, 5.41) is 6.29. The monoisotopic (exact) mass is 560 g/mol.